The smallest absolute Gasteiger partial charge is 0.349 e. The molecule has 20 heavy (non-hydrogen) atoms. The van der Waals surface area contributed by atoms with Gasteiger partial charge in [0.05, 0.1) is 4.92 Å². The van der Waals surface area contributed by atoms with Crippen molar-refractivity contribution in [2.24, 2.45) is 0 Å². The van der Waals surface area contributed by atoms with Crippen LogP contribution < -0.4 is 0 Å². The number of carbonyl (C=O) groups is 1. The van der Waals surface area contributed by atoms with Crippen LogP contribution in [0.2, 0.25) is 0 Å². The molecule has 0 fully saturated rings. The Morgan fingerprint density at radius 3 is 2.50 bits per heavy atom. The number of benzene rings is 1. The number of ether oxygens (including phenoxy) is 1. The summed E-state index contributed by atoms with van der Waals surface area (Å²) in [7, 11) is 0. The molecule has 0 saturated heterocycles. The zero-order chi connectivity index (χ0) is 14.7. The number of rotatable bonds is 4. The van der Waals surface area contributed by atoms with E-state index in [-0.39, 0.29) is 15.7 Å². The Hall–Kier alpha value is -2.28. The number of hydrogen-bond donors (Lipinski definition) is 0. The molecule has 2 aromatic rings. The molecule has 0 N–H and O–H groups in total. The molecule has 7 heteroatoms. The van der Waals surface area contributed by atoms with E-state index in [2.05, 4.69) is 0 Å². The Kier molecular flexibility index (Phi) is 4.09. The van der Waals surface area contributed by atoms with Crippen molar-refractivity contribution in [2.75, 3.05) is 0 Å². The molecule has 1 aromatic carbocycles. The van der Waals surface area contributed by atoms with Gasteiger partial charge in [-0.1, -0.05) is 23.5 Å². The van der Waals surface area contributed by atoms with E-state index in [1.54, 1.807) is 6.92 Å². The van der Waals surface area contributed by atoms with E-state index < -0.39 is 17.0 Å². The standard InChI is InChI=1S/C13H10FNO4S/c1-8(9-2-4-10(14)5-3-9)19-13(16)11-6-7-12(20-11)15(17)18/h2-8H,1H3/t8-/m1/s1. The molecule has 0 radical (unpaired) electrons. The molecule has 1 atom stereocenters. The molecule has 1 heterocycles. The van der Waals surface area contributed by atoms with E-state index in [0.717, 1.165) is 11.3 Å². The van der Waals surface area contributed by atoms with Crippen LogP contribution in [0.25, 0.3) is 0 Å². The van der Waals surface area contributed by atoms with E-state index in [4.69, 9.17) is 4.74 Å². The Balaban J connectivity index is 2.06. The minimum atomic E-state index is -0.639. The number of thiophene rings is 1. The second-order valence-corrected chi connectivity index (χ2v) is 5.06. The summed E-state index contributed by atoms with van der Waals surface area (Å²) in [5.74, 6) is -1.01. The van der Waals surface area contributed by atoms with Crippen LogP contribution in [0.3, 0.4) is 0 Å². The Morgan fingerprint density at radius 1 is 1.30 bits per heavy atom. The first-order valence-electron chi connectivity index (χ1n) is 5.68. The highest BCUT2D eigenvalue weighted by Crippen LogP contribution is 2.26. The van der Waals surface area contributed by atoms with Gasteiger partial charge in [-0.15, -0.1) is 0 Å². The number of nitro groups is 1. The fraction of sp³-hybridized carbons (Fsp3) is 0.154. The molecule has 104 valence electrons. The first-order valence-corrected chi connectivity index (χ1v) is 6.49. The molecule has 0 amide bonds. The van der Waals surface area contributed by atoms with Gasteiger partial charge in [0, 0.05) is 6.07 Å². The van der Waals surface area contributed by atoms with Crippen molar-refractivity contribution in [3.05, 3.63) is 62.8 Å². The summed E-state index contributed by atoms with van der Waals surface area (Å²) in [6.07, 6.45) is -0.566. The molecule has 0 aliphatic rings. The highest BCUT2D eigenvalue weighted by molar-refractivity contribution is 7.17. The monoisotopic (exact) mass is 295 g/mol. The Morgan fingerprint density at radius 2 is 1.95 bits per heavy atom. The summed E-state index contributed by atoms with van der Waals surface area (Å²) in [6, 6.07) is 8.19. The molecule has 5 nitrogen and oxygen atoms in total. The van der Waals surface area contributed by atoms with Crippen molar-refractivity contribution in [1.82, 2.24) is 0 Å². The Labute approximate surface area is 117 Å². The largest absolute Gasteiger partial charge is 0.454 e. The summed E-state index contributed by atoms with van der Waals surface area (Å²) in [5, 5.41) is 10.4. The lowest BCUT2D eigenvalue weighted by Gasteiger charge is -2.12. The summed E-state index contributed by atoms with van der Waals surface area (Å²) in [5.41, 5.74) is 0.644. The molecule has 0 bridgehead atoms. The van der Waals surface area contributed by atoms with E-state index in [1.807, 2.05) is 0 Å². The summed E-state index contributed by atoms with van der Waals surface area (Å²) >= 11 is 0.755. The first-order chi connectivity index (χ1) is 9.47. The molecule has 1 aromatic heterocycles. The molecule has 0 spiro atoms. The lowest BCUT2D eigenvalue weighted by molar-refractivity contribution is -0.380. The number of carbonyl (C=O) groups excluding carboxylic acids is 1. The van der Waals surface area contributed by atoms with Crippen molar-refractivity contribution >= 4 is 22.3 Å². The van der Waals surface area contributed by atoms with Crippen LogP contribution in [0.5, 0.6) is 0 Å². The molecule has 0 unspecified atom stereocenters. The van der Waals surface area contributed by atoms with Gasteiger partial charge in [-0.2, -0.15) is 0 Å². The van der Waals surface area contributed by atoms with Gasteiger partial charge >= 0.3 is 11.0 Å². The van der Waals surface area contributed by atoms with Crippen molar-refractivity contribution in [3.8, 4) is 0 Å². The van der Waals surface area contributed by atoms with Crippen molar-refractivity contribution in [2.45, 2.75) is 13.0 Å². The normalized spacial score (nSPS) is 11.9. The van der Waals surface area contributed by atoms with Gasteiger partial charge in [0.2, 0.25) is 0 Å². The maximum absolute atomic E-state index is 12.8. The van der Waals surface area contributed by atoms with Gasteiger partial charge in [-0.3, -0.25) is 10.1 Å². The van der Waals surface area contributed by atoms with Crippen LogP contribution in [-0.2, 0) is 4.74 Å². The van der Waals surface area contributed by atoms with E-state index >= 15 is 0 Å². The zero-order valence-corrected chi connectivity index (χ0v) is 11.2. The third-order valence-electron chi connectivity index (χ3n) is 2.60. The molecular formula is C13H10FNO4S. The fourth-order valence-corrected chi connectivity index (χ4v) is 2.26. The topological polar surface area (TPSA) is 69.4 Å². The van der Waals surface area contributed by atoms with Crippen molar-refractivity contribution in [3.63, 3.8) is 0 Å². The highest BCUT2D eigenvalue weighted by atomic mass is 32.1. The SMILES string of the molecule is C[C@@H](OC(=O)c1ccc([N+](=O)[O-])s1)c1ccc(F)cc1. The molecule has 0 saturated carbocycles. The van der Waals surface area contributed by atoms with E-state index in [1.165, 1.54) is 36.4 Å². The number of halogens is 1. The highest BCUT2D eigenvalue weighted by Gasteiger charge is 2.19. The maximum atomic E-state index is 12.8. The van der Waals surface area contributed by atoms with Gasteiger partial charge in [-0.05, 0) is 30.7 Å². The molecular weight excluding hydrogens is 285 g/mol. The average molecular weight is 295 g/mol. The molecule has 0 aliphatic heterocycles. The van der Waals surface area contributed by atoms with Gasteiger partial charge in [-0.25, -0.2) is 9.18 Å². The third kappa shape index (κ3) is 3.18. The number of nitrogens with zero attached hydrogens (tertiary/aromatic N) is 1. The fourth-order valence-electron chi connectivity index (χ4n) is 1.56. The van der Waals surface area contributed by atoms with Crippen molar-refractivity contribution in [1.29, 1.82) is 0 Å². The van der Waals surface area contributed by atoms with Gasteiger partial charge < -0.3 is 4.74 Å². The Bertz CT molecular complexity index is 638. The predicted octanol–water partition coefficient (Wildman–Crippen LogP) is 3.71. The van der Waals surface area contributed by atoms with Crippen LogP contribution >= 0.6 is 11.3 Å². The van der Waals surface area contributed by atoms with Crippen LogP contribution in [0.15, 0.2) is 36.4 Å². The summed E-state index contributed by atoms with van der Waals surface area (Å²) in [4.78, 5) is 22.0. The van der Waals surface area contributed by atoms with Crippen LogP contribution in [-0.4, -0.2) is 10.9 Å². The van der Waals surface area contributed by atoms with Crippen molar-refractivity contribution < 1.29 is 18.8 Å². The second kappa shape index (κ2) is 5.79. The van der Waals surface area contributed by atoms with Gasteiger partial charge in [0.15, 0.2) is 0 Å². The molecule has 2 rings (SSSR count). The average Bonchev–Trinajstić information content (AvgIpc) is 2.89. The lowest BCUT2D eigenvalue weighted by atomic mass is 10.1. The zero-order valence-electron chi connectivity index (χ0n) is 10.4. The van der Waals surface area contributed by atoms with Gasteiger partial charge in [0.1, 0.15) is 16.8 Å². The number of esters is 1. The minimum Gasteiger partial charge on any atom is -0.454 e. The van der Waals surface area contributed by atoms with E-state index in [9.17, 15) is 19.3 Å². The third-order valence-corrected chi connectivity index (χ3v) is 3.61. The second-order valence-electron chi connectivity index (χ2n) is 3.99. The summed E-state index contributed by atoms with van der Waals surface area (Å²) in [6.45, 7) is 1.65. The van der Waals surface area contributed by atoms with Crippen LogP contribution in [0, 0.1) is 15.9 Å². The van der Waals surface area contributed by atoms with Crippen LogP contribution in [0.4, 0.5) is 9.39 Å². The van der Waals surface area contributed by atoms with Gasteiger partial charge in [0.25, 0.3) is 0 Å². The minimum absolute atomic E-state index is 0.119. The first kappa shape index (κ1) is 14.1. The quantitative estimate of drug-likeness (QED) is 0.490. The maximum Gasteiger partial charge on any atom is 0.349 e. The lowest BCUT2D eigenvalue weighted by Crippen LogP contribution is -2.07. The number of hydrogen-bond acceptors (Lipinski definition) is 5. The molecule has 0 aliphatic carbocycles. The summed E-state index contributed by atoms with van der Waals surface area (Å²) < 4.78 is 18.0. The predicted molar refractivity (Wildman–Crippen MR) is 71.2 cm³/mol. The van der Waals surface area contributed by atoms with E-state index in [0.29, 0.717) is 5.56 Å². The van der Waals surface area contributed by atoms with Crippen LogP contribution in [0.1, 0.15) is 28.3 Å².